The lowest BCUT2D eigenvalue weighted by molar-refractivity contribution is -0.153. The van der Waals surface area contributed by atoms with Crippen LogP contribution in [0.25, 0.3) is 0 Å². The topological polar surface area (TPSA) is 54.0 Å². The van der Waals surface area contributed by atoms with Gasteiger partial charge in [-0.2, -0.15) is 0 Å². The van der Waals surface area contributed by atoms with Gasteiger partial charge in [0, 0.05) is 27.1 Å². The lowest BCUT2D eigenvalue weighted by Gasteiger charge is -2.43. The van der Waals surface area contributed by atoms with Gasteiger partial charge in [-0.15, -0.1) is 0 Å². The molecule has 0 bridgehead atoms. The average Bonchev–Trinajstić information content (AvgIpc) is 3.54. The summed E-state index contributed by atoms with van der Waals surface area (Å²) < 4.78 is 25.3. The summed E-state index contributed by atoms with van der Waals surface area (Å²) >= 11 is 0. The second-order valence-corrected chi connectivity index (χ2v) is 10.1. The Morgan fingerprint density at radius 1 is 0.806 bits per heavy atom. The van der Waals surface area contributed by atoms with Gasteiger partial charge >= 0.3 is 7.12 Å². The Balaban J connectivity index is 1.54. The second-order valence-electron chi connectivity index (χ2n) is 10.1. The highest BCUT2D eigenvalue weighted by molar-refractivity contribution is 6.45. The van der Waals surface area contributed by atoms with Gasteiger partial charge in [0.25, 0.3) is 0 Å². The number of hydrogen-bond acceptors (Lipinski definition) is 5. The highest BCUT2D eigenvalue weighted by Crippen LogP contribution is 2.48. The van der Waals surface area contributed by atoms with E-state index in [1.165, 1.54) is 57.8 Å². The lowest BCUT2D eigenvalue weighted by atomic mass is 9.81. The molecule has 3 rings (SSSR count). The quantitative estimate of drug-likeness (QED) is 0.251. The van der Waals surface area contributed by atoms with Gasteiger partial charge in [-0.25, -0.2) is 0 Å². The minimum atomic E-state index is -0.330. The predicted octanol–water partition coefficient (Wildman–Crippen LogP) is 5.89. The van der Waals surface area contributed by atoms with Crippen LogP contribution in [0, 0.1) is 0 Å². The molecule has 3 fully saturated rings. The average molecular weight is 436 g/mol. The molecule has 0 aromatic carbocycles. The molecule has 6 heteroatoms. The monoisotopic (exact) mass is 436 g/mol. The molecule has 1 aliphatic heterocycles. The molecule has 0 aromatic heterocycles. The van der Waals surface area contributed by atoms with E-state index in [1.807, 2.05) is 14.2 Å². The molecule has 0 aromatic rings. The number of Topliss-reactive ketones (excluding diaryl/α,β-unsaturated/α-hetero) is 1. The van der Waals surface area contributed by atoms with E-state index in [-0.39, 0.29) is 30.5 Å². The number of carbonyl (C=O) groups is 1. The molecule has 0 radical (unpaired) electrons. The van der Waals surface area contributed by atoms with Crippen LogP contribution in [0.5, 0.6) is 0 Å². The van der Waals surface area contributed by atoms with Gasteiger partial charge in [0.1, 0.15) is 5.78 Å². The van der Waals surface area contributed by atoms with Crippen molar-refractivity contribution in [3.8, 4) is 0 Å². The highest BCUT2D eigenvalue weighted by atomic mass is 16.7. The Bertz CT molecular complexity index is 510. The van der Waals surface area contributed by atoms with Crippen LogP contribution in [0.3, 0.4) is 0 Å². The van der Waals surface area contributed by atoms with Gasteiger partial charge in [0.05, 0.1) is 23.4 Å². The molecule has 2 saturated carbocycles. The first-order valence-electron chi connectivity index (χ1n) is 13.0. The van der Waals surface area contributed by atoms with E-state index in [1.54, 1.807) is 0 Å². The molecule has 1 saturated heterocycles. The molecule has 0 spiro atoms. The first kappa shape index (κ1) is 25.2. The van der Waals surface area contributed by atoms with Crippen LogP contribution >= 0.6 is 0 Å². The molecule has 5 nitrogen and oxygen atoms in total. The van der Waals surface area contributed by atoms with Crippen molar-refractivity contribution >= 4 is 12.9 Å². The second kappa shape index (κ2) is 12.2. The Morgan fingerprint density at radius 2 is 1.29 bits per heavy atom. The van der Waals surface area contributed by atoms with E-state index in [9.17, 15) is 4.79 Å². The van der Waals surface area contributed by atoms with Gasteiger partial charge in [-0.1, -0.05) is 64.7 Å². The molecule has 3 aliphatic rings. The zero-order valence-electron chi connectivity index (χ0n) is 20.3. The number of carbonyl (C=O) groups excluding carboxylic acids is 1. The van der Waals surface area contributed by atoms with Crippen LogP contribution in [0.4, 0.5) is 0 Å². The molecular weight excluding hydrogens is 391 g/mol. The Hall–Kier alpha value is -0.425. The van der Waals surface area contributed by atoms with Crippen molar-refractivity contribution in [2.24, 2.45) is 0 Å². The summed E-state index contributed by atoms with van der Waals surface area (Å²) in [5.74, 6) is 0.340. The van der Waals surface area contributed by atoms with E-state index in [2.05, 4.69) is 6.92 Å². The fourth-order valence-electron chi connectivity index (χ4n) is 6.10. The molecule has 1 heterocycles. The molecule has 2 aliphatic carbocycles. The third kappa shape index (κ3) is 6.13. The van der Waals surface area contributed by atoms with Gasteiger partial charge in [-0.3, -0.25) is 4.79 Å². The fourth-order valence-corrected chi connectivity index (χ4v) is 6.10. The summed E-state index contributed by atoms with van der Waals surface area (Å²) in [6.07, 6.45) is 17.6. The number of ether oxygens (including phenoxy) is 2. The predicted molar refractivity (Wildman–Crippen MR) is 124 cm³/mol. The highest BCUT2D eigenvalue weighted by Gasteiger charge is 2.59. The van der Waals surface area contributed by atoms with Crippen LogP contribution in [0.15, 0.2) is 0 Å². The molecule has 0 unspecified atom stereocenters. The molecule has 31 heavy (non-hydrogen) atoms. The number of rotatable bonds is 14. The summed E-state index contributed by atoms with van der Waals surface area (Å²) in [5, 5.41) is 0. The van der Waals surface area contributed by atoms with Gasteiger partial charge in [-0.05, 0) is 38.4 Å². The Morgan fingerprint density at radius 3 is 1.77 bits per heavy atom. The van der Waals surface area contributed by atoms with E-state index < -0.39 is 0 Å². The zero-order valence-corrected chi connectivity index (χ0v) is 20.3. The third-order valence-corrected chi connectivity index (χ3v) is 8.09. The number of unbranched alkanes of at least 4 members (excludes halogenated alkanes) is 5. The molecule has 178 valence electrons. The summed E-state index contributed by atoms with van der Waals surface area (Å²) in [6.45, 7) is 2.23. The molecule has 0 N–H and O–H groups in total. The summed E-state index contributed by atoms with van der Waals surface area (Å²) in [6, 6.07) is 0. The Kier molecular flexibility index (Phi) is 9.88. The van der Waals surface area contributed by atoms with Crippen LogP contribution in [-0.2, 0) is 23.6 Å². The molecule has 2 atom stereocenters. The first-order valence-corrected chi connectivity index (χ1v) is 13.0. The standard InChI is InChI=1S/C25H45BO5/c1-4-5-6-7-8-9-14-21(27)15-20-26-30-22(24(28-2)16-10-11-17-24)23(31-26)25(29-3)18-12-13-19-25/h22-23H,4-20H2,1-3H3/t22-,23-/m1/s1. The zero-order chi connectivity index (χ0) is 22.2. The van der Waals surface area contributed by atoms with Crippen LogP contribution in [-0.4, -0.2) is 50.5 Å². The van der Waals surface area contributed by atoms with Crippen molar-refractivity contribution < 1.29 is 23.6 Å². The lowest BCUT2D eigenvalue weighted by Crippen LogP contribution is -2.56. The summed E-state index contributed by atoms with van der Waals surface area (Å²) in [5.41, 5.74) is -0.563. The van der Waals surface area contributed by atoms with Crippen LogP contribution < -0.4 is 0 Å². The SMILES string of the molecule is CCCCCCCCC(=O)CCB1O[C@@H](C2(OC)CCCC2)[C@H](C2(OC)CCCC2)O1. The van der Waals surface area contributed by atoms with Crippen molar-refractivity contribution in [2.75, 3.05) is 14.2 Å². The minimum absolute atomic E-state index is 0.114. The van der Waals surface area contributed by atoms with E-state index in [0.717, 1.165) is 32.1 Å². The smallest absolute Gasteiger partial charge is 0.403 e. The van der Waals surface area contributed by atoms with Gasteiger partial charge in [0.2, 0.25) is 0 Å². The van der Waals surface area contributed by atoms with Crippen molar-refractivity contribution in [1.82, 2.24) is 0 Å². The van der Waals surface area contributed by atoms with Crippen LogP contribution in [0.2, 0.25) is 6.32 Å². The molecular formula is C25H45BO5. The first-order chi connectivity index (χ1) is 15.1. The van der Waals surface area contributed by atoms with Crippen molar-refractivity contribution in [3.05, 3.63) is 0 Å². The maximum atomic E-state index is 12.4. The van der Waals surface area contributed by atoms with Gasteiger partial charge < -0.3 is 18.8 Å². The van der Waals surface area contributed by atoms with Gasteiger partial charge in [0.15, 0.2) is 0 Å². The van der Waals surface area contributed by atoms with Crippen LogP contribution in [0.1, 0.15) is 110 Å². The maximum absolute atomic E-state index is 12.4. The minimum Gasteiger partial charge on any atom is -0.403 e. The van der Waals surface area contributed by atoms with Crippen molar-refractivity contribution in [3.63, 3.8) is 0 Å². The van der Waals surface area contributed by atoms with E-state index in [0.29, 0.717) is 24.9 Å². The van der Waals surface area contributed by atoms with Crippen molar-refractivity contribution in [1.29, 1.82) is 0 Å². The van der Waals surface area contributed by atoms with E-state index >= 15 is 0 Å². The number of methoxy groups -OCH3 is 2. The number of ketones is 1. The normalized spacial score (nSPS) is 27.3. The van der Waals surface area contributed by atoms with Crippen molar-refractivity contribution in [2.45, 2.75) is 139 Å². The van der Waals surface area contributed by atoms with E-state index in [4.69, 9.17) is 18.8 Å². The largest absolute Gasteiger partial charge is 0.458 e. The fraction of sp³-hybridized carbons (Fsp3) is 0.960. The molecule has 0 amide bonds. The number of hydrogen-bond donors (Lipinski definition) is 0. The maximum Gasteiger partial charge on any atom is 0.458 e. The summed E-state index contributed by atoms with van der Waals surface area (Å²) in [4.78, 5) is 12.4. The third-order valence-electron chi connectivity index (χ3n) is 8.09. The Labute approximate surface area is 190 Å². The summed E-state index contributed by atoms with van der Waals surface area (Å²) in [7, 11) is 3.30.